The van der Waals surface area contributed by atoms with Crippen LogP contribution in [0.2, 0.25) is 0 Å². The molecule has 4 N–H and O–H groups in total. The Kier molecular flexibility index (Phi) is 3.24. The standard InChI is InChI=1S/C11H19N5/c1-7(9-3-4-9)6-13-10-5-8(2)14-11(15-10)16-12/h5,7,9H,3-4,6,12H2,1-2H3,(H2,13,14,15,16). The number of nitrogens with zero attached hydrogens (tertiary/aromatic N) is 2. The minimum atomic E-state index is 0.460. The maximum atomic E-state index is 5.30. The predicted molar refractivity (Wildman–Crippen MR) is 65.0 cm³/mol. The quantitative estimate of drug-likeness (QED) is 0.519. The summed E-state index contributed by atoms with van der Waals surface area (Å²) in [6, 6.07) is 1.93. The molecule has 1 aliphatic carbocycles. The fourth-order valence-electron chi connectivity index (χ4n) is 1.82. The fourth-order valence-corrected chi connectivity index (χ4v) is 1.82. The first kappa shape index (κ1) is 11.1. The highest BCUT2D eigenvalue weighted by Crippen LogP contribution is 2.36. The molecule has 1 aromatic rings. The summed E-state index contributed by atoms with van der Waals surface area (Å²) in [6.45, 7) is 5.17. The zero-order valence-corrected chi connectivity index (χ0v) is 9.83. The van der Waals surface area contributed by atoms with Crippen molar-refractivity contribution in [2.45, 2.75) is 26.7 Å². The molecule has 1 unspecified atom stereocenters. The molecule has 5 heteroatoms. The van der Waals surface area contributed by atoms with Gasteiger partial charge in [0.1, 0.15) is 5.82 Å². The molecule has 1 fully saturated rings. The molecule has 1 heterocycles. The number of hydrogen-bond acceptors (Lipinski definition) is 5. The second kappa shape index (κ2) is 4.65. The smallest absolute Gasteiger partial charge is 0.239 e. The number of hydrogen-bond donors (Lipinski definition) is 3. The third kappa shape index (κ3) is 2.82. The lowest BCUT2D eigenvalue weighted by Gasteiger charge is -2.12. The molecular weight excluding hydrogens is 202 g/mol. The Hall–Kier alpha value is -1.36. The van der Waals surface area contributed by atoms with Gasteiger partial charge in [-0.3, -0.25) is 5.43 Å². The van der Waals surface area contributed by atoms with E-state index in [1.54, 1.807) is 0 Å². The summed E-state index contributed by atoms with van der Waals surface area (Å²) in [5, 5.41) is 3.33. The van der Waals surface area contributed by atoms with E-state index >= 15 is 0 Å². The molecule has 0 amide bonds. The number of nitrogens with two attached hydrogens (primary N) is 1. The van der Waals surface area contributed by atoms with Crippen LogP contribution in [-0.2, 0) is 0 Å². The average molecular weight is 221 g/mol. The third-order valence-corrected chi connectivity index (χ3v) is 3.02. The molecule has 2 rings (SSSR count). The molecule has 1 aliphatic rings. The van der Waals surface area contributed by atoms with E-state index in [9.17, 15) is 0 Å². The van der Waals surface area contributed by atoms with E-state index in [0.717, 1.165) is 24.0 Å². The van der Waals surface area contributed by atoms with Gasteiger partial charge in [0.25, 0.3) is 0 Å². The van der Waals surface area contributed by atoms with Crippen LogP contribution in [0.25, 0.3) is 0 Å². The Bertz CT molecular complexity index is 361. The Morgan fingerprint density at radius 3 is 2.88 bits per heavy atom. The number of nitrogen functional groups attached to an aromatic ring is 1. The van der Waals surface area contributed by atoms with Gasteiger partial charge in [0.2, 0.25) is 5.95 Å². The summed E-state index contributed by atoms with van der Waals surface area (Å²) in [7, 11) is 0. The van der Waals surface area contributed by atoms with Gasteiger partial charge in [0.15, 0.2) is 0 Å². The summed E-state index contributed by atoms with van der Waals surface area (Å²) in [6.07, 6.45) is 2.75. The number of aryl methyl sites for hydroxylation is 1. The van der Waals surface area contributed by atoms with Crippen LogP contribution >= 0.6 is 0 Å². The van der Waals surface area contributed by atoms with Crippen LogP contribution in [0.5, 0.6) is 0 Å². The van der Waals surface area contributed by atoms with E-state index in [0.29, 0.717) is 11.9 Å². The lowest BCUT2D eigenvalue weighted by molar-refractivity contribution is 0.536. The van der Waals surface area contributed by atoms with Gasteiger partial charge in [-0.15, -0.1) is 0 Å². The van der Waals surface area contributed by atoms with Gasteiger partial charge in [0, 0.05) is 18.3 Å². The van der Waals surface area contributed by atoms with Gasteiger partial charge >= 0.3 is 0 Å². The first-order valence-corrected chi connectivity index (χ1v) is 5.75. The van der Waals surface area contributed by atoms with E-state index in [1.165, 1.54) is 12.8 Å². The lowest BCUT2D eigenvalue weighted by Crippen LogP contribution is -2.16. The number of nitrogens with one attached hydrogen (secondary N) is 2. The first-order valence-electron chi connectivity index (χ1n) is 5.75. The minimum absolute atomic E-state index is 0.460. The molecule has 16 heavy (non-hydrogen) atoms. The van der Waals surface area contributed by atoms with Crippen LogP contribution in [0.3, 0.4) is 0 Å². The van der Waals surface area contributed by atoms with E-state index in [1.807, 2.05) is 13.0 Å². The Balaban J connectivity index is 1.94. The Morgan fingerprint density at radius 1 is 1.50 bits per heavy atom. The zero-order valence-electron chi connectivity index (χ0n) is 9.83. The molecular formula is C11H19N5. The van der Waals surface area contributed by atoms with Crippen molar-refractivity contribution in [3.63, 3.8) is 0 Å². The molecule has 0 saturated heterocycles. The highest BCUT2D eigenvalue weighted by molar-refractivity contribution is 5.41. The maximum Gasteiger partial charge on any atom is 0.239 e. The van der Waals surface area contributed by atoms with Crippen molar-refractivity contribution in [1.29, 1.82) is 0 Å². The van der Waals surface area contributed by atoms with Crippen LogP contribution in [0.1, 0.15) is 25.5 Å². The molecule has 0 spiro atoms. The Labute approximate surface area is 95.8 Å². The SMILES string of the molecule is Cc1cc(NCC(C)C2CC2)nc(NN)n1. The topological polar surface area (TPSA) is 75.9 Å². The fraction of sp³-hybridized carbons (Fsp3) is 0.636. The van der Waals surface area contributed by atoms with E-state index in [4.69, 9.17) is 5.84 Å². The molecule has 5 nitrogen and oxygen atoms in total. The van der Waals surface area contributed by atoms with Crippen molar-refractivity contribution in [1.82, 2.24) is 9.97 Å². The molecule has 0 aliphatic heterocycles. The van der Waals surface area contributed by atoms with E-state index in [-0.39, 0.29) is 0 Å². The van der Waals surface area contributed by atoms with Crippen LogP contribution in [-0.4, -0.2) is 16.5 Å². The zero-order chi connectivity index (χ0) is 11.5. The van der Waals surface area contributed by atoms with Gasteiger partial charge in [-0.05, 0) is 31.6 Å². The van der Waals surface area contributed by atoms with Crippen molar-refractivity contribution >= 4 is 11.8 Å². The highest BCUT2D eigenvalue weighted by Gasteiger charge is 2.27. The van der Waals surface area contributed by atoms with E-state index in [2.05, 4.69) is 27.6 Å². The van der Waals surface area contributed by atoms with Gasteiger partial charge < -0.3 is 5.32 Å². The number of hydrazine groups is 1. The normalized spacial score (nSPS) is 16.9. The van der Waals surface area contributed by atoms with Crippen molar-refractivity contribution in [3.05, 3.63) is 11.8 Å². The van der Waals surface area contributed by atoms with Crippen molar-refractivity contribution in [3.8, 4) is 0 Å². The highest BCUT2D eigenvalue weighted by atomic mass is 15.3. The summed E-state index contributed by atoms with van der Waals surface area (Å²) >= 11 is 0. The van der Waals surface area contributed by atoms with Gasteiger partial charge in [0.05, 0.1) is 0 Å². The van der Waals surface area contributed by atoms with Crippen LogP contribution in [0, 0.1) is 18.8 Å². The lowest BCUT2D eigenvalue weighted by atomic mass is 10.1. The molecule has 0 aromatic carbocycles. The molecule has 88 valence electrons. The summed E-state index contributed by atoms with van der Waals surface area (Å²) in [5.41, 5.74) is 3.38. The first-order chi connectivity index (χ1) is 7.69. The maximum absolute atomic E-state index is 5.30. The molecule has 1 saturated carbocycles. The summed E-state index contributed by atoms with van der Waals surface area (Å²) in [5.74, 6) is 8.22. The third-order valence-electron chi connectivity index (χ3n) is 3.02. The monoisotopic (exact) mass is 221 g/mol. The van der Waals surface area contributed by atoms with Crippen molar-refractivity contribution in [2.24, 2.45) is 17.7 Å². The predicted octanol–water partition coefficient (Wildman–Crippen LogP) is 1.53. The van der Waals surface area contributed by atoms with Crippen molar-refractivity contribution in [2.75, 3.05) is 17.3 Å². The summed E-state index contributed by atoms with van der Waals surface area (Å²) in [4.78, 5) is 8.39. The number of anilines is 2. The van der Waals surface area contributed by atoms with Crippen LogP contribution in [0.15, 0.2) is 6.07 Å². The van der Waals surface area contributed by atoms with Gasteiger partial charge in [-0.25, -0.2) is 10.8 Å². The van der Waals surface area contributed by atoms with Crippen LogP contribution < -0.4 is 16.6 Å². The van der Waals surface area contributed by atoms with Gasteiger partial charge in [-0.1, -0.05) is 6.92 Å². The van der Waals surface area contributed by atoms with E-state index < -0.39 is 0 Å². The van der Waals surface area contributed by atoms with Gasteiger partial charge in [-0.2, -0.15) is 4.98 Å². The second-order valence-corrected chi connectivity index (χ2v) is 4.56. The largest absolute Gasteiger partial charge is 0.370 e. The van der Waals surface area contributed by atoms with Crippen LogP contribution in [0.4, 0.5) is 11.8 Å². The minimum Gasteiger partial charge on any atom is -0.370 e. The number of aromatic nitrogens is 2. The summed E-state index contributed by atoms with van der Waals surface area (Å²) < 4.78 is 0. The second-order valence-electron chi connectivity index (χ2n) is 4.56. The molecule has 0 radical (unpaired) electrons. The number of rotatable bonds is 5. The molecule has 1 atom stereocenters. The average Bonchev–Trinajstić information content (AvgIpc) is 3.08. The van der Waals surface area contributed by atoms with Crippen molar-refractivity contribution < 1.29 is 0 Å². The Morgan fingerprint density at radius 2 is 2.25 bits per heavy atom. The molecule has 0 bridgehead atoms. The molecule has 1 aromatic heterocycles.